The highest BCUT2D eigenvalue weighted by molar-refractivity contribution is 7.46. The van der Waals surface area contributed by atoms with Gasteiger partial charge in [0, 0.05) is 17.5 Å². The molecule has 0 radical (unpaired) electrons. The first-order valence-corrected chi connectivity index (χ1v) is 9.56. The average Bonchev–Trinajstić information content (AvgIpc) is 2.42. The van der Waals surface area contributed by atoms with Gasteiger partial charge in [0.2, 0.25) is 0 Å². The SMILES string of the molecule is CC1CC2(COP(C)OC2)C2OP3OCC2(CO3)C1. The number of hydrogen-bond acceptors (Lipinski definition) is 5. The van der Waals surface area contributed by atoms with Gasteiger partial charge < -0.3 is 22.6 Å². The normalized spacial score (nSPS) is 57.2. The minimum Gasteiger partial charge on any atom is -0.333 e. The zero-order chi connectivity index (χ0) is 13.1. The highest BCUT2D eigenvalue weighted by Gasteiger charge is 2.64. The van der Waals surface area contributed by atoms with Gasteiger partial charge >= 0.3 is 8.60 Å². The fourth-order valence-corrected chi connectivity index (χ4v) is 6.69. The lowest BCUT2D eigenvalue weighted by atomic mass is 9.57. The summed E-state index contributed by atoms with van der Waals surface area (Å²) in [5.41, 5.74) is 0.00988. The van der Waals surface area contributed by atoms with Gasteiger partial charge in [-0.3, -0.25) is 0 Å². The van der Waals surface area contributed by atoms with Crippen LogP contribution in [0.25, 0.3) is 0 Å². The van der Waals surface area contributed by atoms with Crippen molar-refractivity contribution in [2.45, 2.75) is 25.9 Å². The molecule has 5 aliphatic rings. The molecule has 0 N–H and O–H groups in total. The summed E-state index contributed by atoms with van der Waals surface area (Å²) in [6, 6.07) is 0. The number of fused-ring (bicyclic) bond motifs is 2. The van der Waals surface area contributed by atoms with Gasteiger partial charge in [0.15, 0.2) is 8.38 Å². The molecule has 0 aromatic rings. The second-order valence-electron chi connectivity index (χ2n) is 6.48. The fourth-order valence-electron chi connectivity index (χ4n) is 4.19. The fraction of sp³-hybridized carbons (Fsp3) is 1.00. The van der Waals surface area contributed by atoms with Crippen LogP contribution in [0.5, 0.6) is 0 Å². The van der Waals surface area contributed by atoms with E-state index in [2.05, 4.69) is 6.92 Å². The van der Waals surface area contributed by atoms with E-state index in [1.54, 1.807) is 0 Å². The van der Waals surface area contributed by atoms with E-state index in [1.807, 2.05) is 6.66 Å². The monoisotopic (exact) mass is 306 g/mol. The Morgan fingerprint density at radius 2 is 1.42 bits per heavy atom. The van der Waals surface area contributed by atoms with Crippen LogP contribution in [0, 0.1) is 16.7 Å². The first-order valence-electron chi connectivity index (χ1n) is 6.84. The third-order valence-electron chi connectivity index (χ3n) is 4.80. The van der Waals surface area contributed by atoms with E-state index in [-0.39, 0.29) is 16.9 Å². The highest BCUT2D eigenvalue weighted by atomic mass is 31.2. The maximum Gasteiger partial charge on any atom is 0.333 e. The molecule has 5 nitrogen and oxygen atoms in total. The van der Waals surface area contributed by atoms with E-state index in [9.17, 15) is 0 Å². The highest BCUT2D eigenvalue weighted by Crippen LogP contribution is 2.66. The molecule has 4 aliphatic heterocycles. The Morgan fingerprint density at radius 1 is 0.895 bits per heavy atom. The molecular formula is C12H20O5P2. The van der Waals surface area contributed by atoms with E-state index in [0.29, 0.717) is 5.92 Å². The van der Waals surface area contributed by atoms with Crippen LogP contribution < -0.4 is 0 Å². The summed E-state index contributed by atoms with van der Waals surface area (Å²) in [5, 5.41) is 0. The van der Waals surface area contributed by atoms with Crippen molar-refractivity contribution in [2.75, 3.05) is 33.1 Å². The Kier molecular flexibility index (Phi) is 3.21. The predicted molar refractivity (Wildman–Crippen MR) is 71.7 cm³/mol. The van der Waals surface area contributed by atoms with Crippen LogP contribution in [0.4, 0.5) is 0 Å². The summed E-state index contributed by atoms with van der Waals surface area (Å²) in [4.78, 5) is 0. The van der Waals surface area contributed by atoms with Crippen LogP contribution in [0.15, 0.2) is 0 Å². The Labute approximate surface area is 116 Å². The van der Waals surface area contributed by atoms with Gasteiger partial charge in [-0.25, -0.2) is 0 Å². The Bertz CT molecular complexity index is 363. The Hall–Kier alpha value is 0.660. The quantitative estimate of drug-likeness (QED) is 0.644. The van der Waals surface area contributed by atoms with Gasteiger partial charge in [0.05, 0.1) is 32.5 Å². The molecule has 108 valence electrons. The van der Waals surface area contributed by atoms with Crippen molar-refractivity contribution in [1.82, 2.24) is 0 Å². The largest absolute Gasteiger partial charge is 0.333 e. The molecule has 19 heavy (non-hydrogen) atoms. The molecule has 5 fully saturated rings. The van der Waals surface area contributed by atoms with Crippen LogP contribution in [0.1, 0.15) is 19.8 Å². The van der Waals surface area contributed by atoms with Crippen LogP contribution >= 0.6 is 17.0 Å². The molecule has 2 unspecified atom stereocenters. The standard InChI is InChI=1S/C12H20O5P2/c1-9-3-11(5-13-18(2)14-6-11)10-12(4-9)7-15-19(17-10)16-8-12/h9-10H,3-8H2,1-2H3. The van der Waals surface area contributed by atoms with Crippen LogP contribution in [0.2, 0.25) is 0 Å². The lowest BCUT2D eigenvalue weighted by Gasteiger charge is -2.61. The summed E-state index contributed by atoms with van der Waals surface area (Å²) < 4.78 is 29.2. The van der Waals surface area contributed by atoms with Crippen LogP contribution in [0.3, 0.4) is 0 Å². The summed E-state index contributed by atoms with van der Waals surface area (Å²) in [7, 11) is -1.84. The third kappa shape index (κ3) is 2.02. The van der Waals surface area contributed by atoms with Crippen LogP contribution in [-0.2, 0) is 22.6 Å². The van der Waals surface area contributed by atoms with Crippen molar-refractivity contribution in [3.05, 3.63) is 0 Å². The van der Waals surface area contributed by atoms with Gasteiger partial charge in [-0.2, -0.15) is 0 Å². The first-order chi connectivity index (χ1) is 9.12. The molecule has 1 aliphatic carbocycles. The van der Waals surface area contributed by atoms with Crippen LogP contribution in [-0.4, -0.2) is 39.2 Å². The topological polar surface area (TPSA) is 46.2 Å². The molecule has 0 amide bonds. The van der Waals surface area contributed by atoms with Crippen molar-refractivity contribution in [2.24, 2.45) is 16.7 Å². The third-order valence-corrected chi connectivity index (χ3v) is 6.84. The van der Waals surface area contributed by atoms with Crippen molar-refractivity contribution < 1.29 is 22.6 Å². The smallest absolute Gasteiger partial charge is 0.333 e. The molecule has 1 saturated carbocycles. The van der Waals surface area contributed by atoms with E-state index >= 15 is 0 Å². The zero-order valence-electron chi connectivity index (χ0n) is 11.3. The summed E-state index contributed by atoms with van der Waals surface area (Å²) in [6.07, 6.45) is 2.41. The van der Waals surface area contributed by atoms with Crippen molar-refractivity contribution in [3.63, 3.8) is 0 Å². The average molecular weight is 306 g/mol. The van der Waals surface area contributed by atoms with E-state index in [0.717, 1.165) is 39.3 Å². The molecule has 7 heteroatoms. The second-order valence-corrected chi connectivity index (χ2v) is 9.05. The minimum atomic E-state index is -1.13. The molecule has 4 saturated heterocycles. The first kappa shape index (κ1) is 13.3. The molecule has 4 heterocycles. The van der Waals surface area contributed by atoms with Crippen molar-refractivity contribution in [3.8, 4) is 0 Å². The minimum absolute atomic E-state index is 0.000648. The molecular weight excluding hydrogens is 286 g/mol. The van der Waals surface area contributed by atoms with E-state index in [1.165, 1.54) is 0 Å². The molecule has 2 atom stereocenters. The molecule has 5 rings (SSSR count). The maximum atomic E-state index is 6.12. The number of hydrogen-bond donors (Lipinski definition) is 0. The molecule has 2 spiro atoms. The van der Waals surface area contributed by atoms with Gasteiger partial charge in [-0.05, 0) is 18.8 Å². The molecule has 2 bridgehead atoms. The maximum absolute atomic E-state index is 6.12. The zero-order valence-corrected chi connectivity index (χ0v) is 13.1. The van der Waals surface area contributed by atoms with E-state index < -0.39 is 17.0 Å². The van der Waals surface area contributed by atoms with Gasteiger partial charge in [-0.15, -0.1) is 0 Å². The number of rotatable bonds is 0. The predicted octanol–water partition coefficient (Wildman–Crippen LogP) is 3.05. The van der Waals surface area contributed by atoms with Gasteiger partial charge in [0.1, 0.15) is 0 Å². The van der Waals surface area contributed by atoms with Crippen molar-refractivity contribution in [1.29, 1.82) is 0 Å². The summed E-state index contributed by atoms with van der Waals surface area (Å²) in [6.45, 7) is 7.40. The summed E-state index contributed by atoms with van der Waals surface area (Å²) >= 11 is 0. The molecule has 0 aromatic carbocycles. The Balaban J connectivity index is 1.67. The lowest BCUT2D eigenvalue weighted by Crippen LogP contribution is -2.64. The lowest BCUT2D eigenvalue weighted by molar-refractivity contribution is -0.220. The van der Waals surface area contributed by atoms with Gasteiger partial charge in [-0.1, -0.05) is 6.92 Å². The molecule has 0 aromatic heterocycles. The van der Waals surface area contributed by atoms with Crippen molar-refractivity contribution >= 4 is 17.0 Å². The van der Waals surface area contributed by atoms with E-state index in [4.69, 9.17) is 22.6 Å². The Morgan fingerprint density at radius 3 is 2.00 bits per heavy atom. The summed E-state index contributed by atoms with van der Waals surface area (Å²) in [5.74, 6) is 0.628. The van der Waals surface area contributed by atoms with Gasteiger partial charge in [0.25, 0.3) is 0 Å². The second kappa shape index (κ2) is 4.58.